The zero-order valence-electron chi connectivity index (χ0n) is 7.50. The average Bonchev–Trinajstić information content (AvgIpc) is 2.48. The summed E-state index contributed by atoms with van der Waals surface area (Å²) in [5.74, 6) is -0.463. The van der Waals surface area contributed by atoms with Gasteiger partial charge >= 0.3 is 11.8 Å². The van der Waals surface area contributed by atoms with Crippen molar-refractivity contribution in [2.75, 3.05) is 0 Å². The number of nitrogens with two attached hydrogens (primary N) is 1. The molecule has 1 aromatic rings. The summed E-state index contributed by atoms with van der Waals surface area (Å²) in [5.41, 5.74) is 2.15. The molecule has 0 unspecified atom stereocenters. The molecule has 0 aromatic carbocycles. The summed E-state index contributed by atoms with van der Waals surface area (Å²) in [6.07, 6.45) is 2.84. The van der Waals surface area contributed by atoms with Gasteiger partial charge in [-0.3, -0.25) is 14.9 Å². The minimum absolute atomic E-state index is 0.744. The number of nitrogens with one attached hydrogen (secondary N) is 1. The summed E-state index contributed by atoms with van der Waals surface area (Å²) in [4.78, 5) is 10.6. The van der Waals surface area contributed by atoms with Crippen LogP contribution >= 0.6 is 0 Å². The summed E-state index contributed by atoms with van der Waals surface area (Å²) in [6, 6.07) is 0. The Bertz CT molecular complexity index is 336. The van der Waals surface area contributed by atoms with E-state index in [1.54, 1.807) is 6.92 Å². The Kier molecular flexibility index (Phi) is 2.80. The summed E-state index contributed by atoms with van der Waals surface area (Å²) in [7, 11) is 0. The van der Waals surface area contributed by atoms with E-state index in [4.69, 9.17) is 0 Å². The molecule has 5 nitrogen and oxygen atoms in total. The molecule has 1 rings (SSSR count). The maximum absolute atomic E-state index is 13.0. The van der Waals surface area contributed by atoms with Crippen LogP contribution in [0.3, 0.4) is 0 Å². The highest BCUT2D eigenvalue weighted by Crippen LogP contribution is 2.15. The normalized spacial score (nSPS) is 11.4. The number of rotatable bonds is 3. The van der Waals surface area contributed by atoms with Gasteiger partial charge in [0.2, 0.25) is 0 Å². The van der Waals surface area contributed by atoms with Gasteiger partial charge in [0.05, 0.1) is 6.20 Å². The molecule has 14 heavy (non-hydrogen) atoms. The number of aryl methyl sites for hydroxylation is 1. The Morgan fingerprint density at radius 1 is 1.79 bits per heavy atom. The van der Waals surface area contributed by atoms with Crippen LogP contribution in [0.5, 0.6) is 0 Å². The Morgan fingerprint density at radius 2 is 2.43 bits per heavy atom. The summed E-state index contributed by atoms with van der Waals surface area (Å²) in [5, 5.41) is 3.63. The molecule has 7 heteroatoms. The second kappa shape index (κ2) is 3.70. The van der Waals surface area contributed by atoms with E-state index in [0.29, 0.717) is 0 Å². The number of carbonyl (C=O) groups excluding carboxylic acids is 1. The number of hydrazine groups is 1. The van der Waals surface area contributed by atoms with E-state index in [0.717, 1.165) is 10.2 Å². The molecule has 1 amide bonds. The fourth-order valence-corrected chi connectivity index (χ4v) is 0.934. The zero-order chi connectivity index (χ0) is 10.8. The fraction of sp³-hybridized carbons (Fsp3) is 0.429. The minimum atomic E-state index is -3.55. The molecule has 1 aromatic heterocycles. The monoisotopic (exact) mass is 204 g/mol. The third kappa shape index (κ3) is 2.25. The maximum atomic E-state index is 13.0. The van der Waals surface area contributed by atoms with Gasteiger partial charge in [0, 0.05) is 6.20 Å². The van der Waals surface area contributed by atoms with E-state index >= 15 is 0 Å². The molecule has 0 atom stereocenters. The number of hydrogen-bond donors (Lipinski definition) is 2. The Morgan fingerprint density at radius 3 is 2.86 bits per heavy atom. The Labute approximate surface area is 78.9 Å². The lowest BCUT2D eigenvalue weighted by atomic mass is 10.3. The molecular formula is C7H10F2N4O. The number of halogens is 2. The van der Waals surface area contributed by atoms with Gasteiger partial charge in [-0.05, 0) is 12.5 Å². The van der Waals surface area contributed by atoms with E-state index in [2.05, 4.69) is 10.9 Å². The van der Waals surface area contributed by atoms with Crippen LogP contribution in [0.1, 0.15) is 5.56 Å². The number of aromatic nitrogens is 2. The minimum Gasteiger partial charge on any atom is -0.289 e. The summed E-state index contributed by atoms with van der Waals surface area (Å²) >= 11 is 0. The van der Waals surface area contributed by atoms with E-state index in [1.165, 1.54) is 17.8 Å². The molecule has 0 aliphatic heterocycles. The molecule has 0 aliphatic rings. The molecule has 78 valence electrons. The molecule has 3 N–H and O–H groups in total. The van der Waals surface area contributed by atoms with Gasteiger partial charge < -0.3 is 0 Å². The van der Waals surface area contributed by atoms with E-state index in [-0.39, 0.29) is 0 Å². The van der Waals surface area contributed by atoms with Crippen LogP contribution in [0.15, 0.2) is 12.4 Å². The van der Waals surface area contributed by atoms with E-state index < -0.39 is 18.4 Å². The first-order valence-electron chi connectivity index (χ1n) is 3.83. The van der Waals surface area contributed by atoms with Crippen molar-refractivity contribution in [1.82, 2.24) is 15.2 Å². The van der Waals surface area contributed by atoms with Crippen LogP contribution in [0.4, 0.5) is 8.78 Å². The number of carbonyl (C=O) groups is 1. The van der Waals surface area contributed by atoms with Crippen molar-refractivity contribution in [3.63, 3.8) is 0 Å². The van der Waals surface area contributed by atoms with Gasteiger partial charge in [-0.2, -0.15) is 13.9 Å². The van der Waals surface area contributed by atoms with Crippen LogP contribution in [-0.4, -0.2) is 21.6 Å². The highest BCUT2D eigenvalue weighted by molar-refractivity contribution is 5.82. The molecular weight excluding hydrogens is 194 g/mol. The third-order valence-electron chi connectivity index (χ3n) is 1.59. The van der Waals surface area contributed by atoms with Crippen LogP contribution in [-0.2, 0) is 11.3 Å². The fourth-order valence-electron chi connectivity index (χ4n) is 0.934. The highest BCUT2D eigenvalue weighted by Gasteiger charge is 2.39. The first kappa shape index (κ1) is 10.6. The maximum Gasteiger partial charge on any atom is 0.344 e. The SMILES string of the molecule is Cc1cnn(CC(F)(F)C(=O)NN)c1. The second-order valence-electron chi connectivity index (χ2n) is 2.89. The first-order chi connectivity index (χ1) is 6.45. The zero-order valence-corrected chi connectivity index (χ0v) is 7.50. The van der Waals surface area contributed by atoms with Crippen LogP contribution in [0, 0.1) is 6.92 Å². The average molecular weight is 204 g/mol. The summed E-state index contributed by atoms with van der Waals surface area (Å²) < 4.78 is 26.9. The topological polar surface area (TPSA) is 72.9 Å². The lowest BCUT2D eigenvalue weighted by Crippen LogP contribution is -2.46. The highest BCUT2D eigenvalue weighted by atomic mass is 19.3. The Hall–Kier alpha value is -1.50. The number of hydrogen-bond acceptors (Lipinski definition) is 3. The van der Waals surface area contributed by atoms with Crippen molar-refractivity contribution < 1.29 is 13.6 Å². The third-order valence-corrected chi connectivity index (χ3v) is 1.59. The van der Waals surface area contributed by atoms with Crippen molar-refractivity contribution in [2.45, 2.75) is 19.4 Å². The smallest absolute Gasteiger partial charge is 0.289 e. The van der Waals surface area contributed by atoms with Crippen molar-refractivity contribution in [1.29, 1.82) is 0 Å². The standard InChI is InChI=1S/C7H10F2N4O/c1-5-2-11-13(3-5)4-7(8,9)6(14)12-10/h2-3H,4,10H2,1H3,(H,12,14). The lowest BCUT2D eigenvalue weighted by Gasteiger charge is -2.13. The van der Waals surface area contributed by atoms with Gasteiger partial charge in [0.15, 0.2) is 0 Å². The van der Waals surface area contributed by atoms with E-state index in [9.17, 15) is 13.6 Å². The largest absolute Gasteiger partial charge is 0.344 e. The van der Waals surface area contributed by atoms with E-state index in [1.807, 2.05) is 0 Å². The molecule has 1 heterocycles. The predicted octanol–water partition coefficient (Wildman–Crippen LogP) is -0.183. The first-order valence-corrected chi connectivity index (χ1v) is 3.83. The molecule has 0 saturated heterocycles. The van der Waals surface area contributed by atoms with Gasteiger partial charge in [0.1, 0.15) is 6.54 Å². The van der Waals surface area contributed by atoms with Crippen molar-refractivity contribution >= 4 is 5.91 Å². The van der Waals surface area contributed by atoms with Crippen molar-refractivity contribution in [2.24, 2.45) is 5.84 Å². The molecule has 0 fully saturated rings. The van der Waals surface area contributed by atoms with Crippen molar-refractivity contribution in [3.8, 4) is 0 Å². The van der Waals surface area contributed by atoms with Gasteiger partial charge in [-0.1, -0.05) is 0 Å². The molecule has 0 saturated carbocycles. The quantitative estimate of drug-likeness (QED) is 0.407. The van der Waals surface area contributed by atoms with Gasteiger partial charge in [-0.25, -0.2) is 5.84 Å². The lowest BCUT2D eigenvalue weighted by molar-refractivity contribution is -0.147. The van der Waals surface area contributed by atoms with Gasteiger partial charge in [-0.15, -0.1) is 0 Å². The van der Waals surface area contributed by atoms with Gasteiger partial charge in [0.25, 0.3) is 0 Å². The number of amides is 1. The summed E-state index contributed by atoms with van der Waals surface area (Å²) in [6.45, 7) is 0.897. The van der Waals surface area contributed by atoms with Crippen LogP contribution < -0.4 is 11.3 Å². The molecule has 0 spiro atoms. The Balaban J connectivity index is 2.72. The molecule has 0 aliphatic carbocycles. The second-order valence-corrected chi connectivity index (χ2v) is 2.89. The van der Waals surface area contributed by atoms with Crippen molar-refractivity contribution in [3.05, 3.63) is 18.0 Å². The van der Waals surface area contributed by atoms with Crippen LogP contribution in [0.2, 0.25) is 0 Å². The molecule has 0 radical (unpaired) electrons. The molecule has 0 bridgehead atoms. The predicted molar refractivity (Wildman–Crippen MR) is 44.2 cm³/mol. The number of nitrogens with zero attached hydrogens (tertiary/aromatic N) is 2. The number of alkyl halides is 2. The van der Waals surface area contributed by atoms with Crippen LogP contribution in [0.25, 0.3) is 0 Å².